The first kappa shape index (κ1) is 13.1. The summed E-state index contributed by atoms with van der Waals surface area (Å²) >= 11 is 7.16. The first-order valence-corrected chi connectivity index (χ1v) is 6.72. The molecule has 6 heteroatoms. The molecule has 0 spiro atoms. The molecule has 0 radical (unpaired) electrons. The third-order valence-electron chi connectivity index (χ3n) is 2.28. The Morgan fingerprint density at radius 2 is 2.28 bits per heavy atom. The van der Waals surface area contributed by atoms with Gasteiger partial charge in [-0.1, -0.05) is 30.7 Å². The summed E-state index contributed by atoms with van der Waals surface area (Å²) in [6, 6.07) is 7.97. The van der Waals surface area contributed by atoms with E-state index < -0.39 is 5.56 Å². The molecule has 4 nitrogen and oxygen atoms in total. The molecule has 2 rings (SSSR count). The van der Waals surface area contributed by atoms with Gasteiger partial charge in [0.2, 0.25) is 0 Å². The quantitative estimate of drug-likeness (QED) is 0.788. The zero-order valence-electron chi connectivity index (χ0n) is 10.1. The lowest BCUT2D eigenvalue weighted by Crippen LogP contribution is -2.07. The van der Waals surface area contributed by atoms with E-state index in [1.54, 1.807) is 7.11 Å². The van der Waals surface area contributed by atoms with E-state index in [0.29, 0.717) is 12.4 Å². The first-order chi connectivity index (χ1) is 8.72. The number of alkyl halides is 1. The van der Waals surface area contributed by atoms with E-state index in [4.69, 9.17) is 21.1 Å². The van der Waals surface area contributed by atoms with Crippen LogP contribution in [0.5, 0.6) is 11.8 Å². The maximum Gasteiger partial charge on any atom is 0.330 e. The van der Waals surface area contributed by atoms with Crippen molar-refractivity contribution < 1.29 is 9.47 Å². The number of hydrogen-bond acceptors (Lipinski definition) is 5. The third kappa shape index (κ3) is 3.11. The highest BCUT2D eigenvalue weighted by molar-refractivity contribution is 7.09. The number of methoxy groups -OCH3 is 1. The maximum atomic E-state index is 5.89. The maximum absolute atomic E-state index is 5.89. The van der Waals surface area contributed by atoms with Gasteiger partial charge in [0.15, 0.2) is 5.56 Å². The summed E-state index contributed by atoms with van der Waals surface area (Å²) in [5, 5.41) is 0.781. The fourth-order valence-corrected chi connectivity index (χ4v) is 2.01. The Bertz CT molecular complexity index is 518. The van der Waals surface area contributed by atoms with Crippen LogP contribution in [0.2, 0.25) is 0 Å². The van der Waals surface area contributed by atoms with E-state index in [2.05, 4.69) is 9.36 Å². The summed E-state index contributed by atoms with van der Waals surface area (Å²) < 4.78 is 14.6. The third-order valence-corrected chi connectivity index (χ3v) is 3.42. The molecule has 0 aliphatic heterocycles. The number of nitrogens with zero attached hydrogens (tertiary/aromatic N) is 2. The van der Waals surface area contributed by atoms with Gasteiger partial charge < -0.3 is 9.47 Å². The number of hydrogen-bond donors (Lipinski definition) is 0. The predicted molar refractivity (Wildman–Crippen MR) is 72.5 cm³/mol. The van der Waals surface area contributed by atoms with Crippen LogP contribution in [0.3, 0.4) is 0 Å². The zero-order valence-corrected chi connectivity index (χ0v) is 11.7. The molecule has 0 aliphatic carbocycles. The van der Waals surface area contributed by atoms with Crippen LogP contribution < -0.4 is 9.47 Å². The molecule has 0 fully saturated rings. The van der Waals surface area contributed by atoms with E-state index in [9.17, 15) is 0 Å². The van der Waals surface area contributed by atoms with Crippen LogP contribution in [0.1, 0.15) is 13.3 Å². The lowest BCUT2D eigenvalue weighted by Gasteiger charge is -2.04. The number of ether oxygens (including phenoxy) is 2. The van der Waals surface area contributed by atoms with Crippen molar-refractivity contribution in [3.05, 3.63) is 24.3 Å². The standard InChI is InChI=1S/C12H13ClN2O2S/c1-3-10(13)17-12-14-11(18-15-12)8-5-4-6-9(7-8)16-2/h4-7,10H,3H2,1-2H3. The molecule has 1 atom stereocenters. The van der Waals surface area contributed by atoms with Crippen LogP contribution in [0, 0.1) is 0 Å². The molecule has 18 heavy (non-hydrogen) atoms. The Morgan fingerprint density at radius 3 is 3.00 bits per heavy atom. The molecular weight excluding hydrogens is 272 g/mol. The monoisotopic (exact) mass is 284 g/mol. The van der Waals surface area contributed by atoms with Gasteiger partial charge in [-0.15, -0.1) is 4.37 Å². The highest BCUT2D eigenvalue weighted by Gasteiger charge is 2.11. The minimum Gasteiger partial charge on any atom is -0.497 e. The van der Waals surface area contributed by atoms with Gasteiger partial charge in [-0.25, -0.2) is 0 Å². The lowest BCUT2D eigenvalue weighted by atomic mass is 10.2. The topological polar surface area (TPSA) is 44.2 Å². The molecule has 0 N–H and O–H groups in total. The first-order valence-electron chi connectivity index (χ1n) is 5.51. The van der Waals surface area contributed by atoms with Crippen molar-refractivity contribution in [1.82, 2.24) is 9.36 Å². The average Bonchev–Trinajstić information content (AvgIpc) is 2.87. The predicted octanol–water partition coefficient (Wildman–Crippen LogP) is 3.57. The average molecular weight is 285 g/mol. The van der Waals surface area contributed by atoms with Crippen molar-refractivity contribution >= 4 is 23.1 Å². The molecule has 1 unspecified atom stereocenters. The van der Waals surface area contributed by atoms with Crippen LogP contribution in [0.25, 0.3) is 10.6 Å². The summed E-state index contributed by atoms with van der Waals surface area (Å²) in [5.74, 6) is 0.786. The van der Waals surface area contributed by atoms with Crippen molar-refractivity contribution in [2.75, 3.05) is 7.11 Å². The van der Waals surface area contributed by atoms with Gasteiger partial charge in [0.05, 0.1) is 7.11 Å². The summed E-state index contributed by atoms with van der Waals surface area (Å²) in [7, 11) is 1.63. The molecule has 1 aromatic carbocycles. The van der Waals surface area contributed by atoms with Gasteiger partial charge in [-0.2, -0.15) is 4.98 Å². The second-order valence-corrected chi connectivity index (χ2v) is 4.79. The van der Waals surface area contributed by atoms with Gasteiger partial charge in [0.1, 0.15) is 10.8 Å². The highest BCUT2D eigenvalue weighted by atomic mass is 35.5. The molecule has 0 saturated carbocycles. The van der Waals surface area contributed by atoms with E-state index in [1.165, 1.54) is 11.5 Å². The van der Waals surface area contributed by atoms with E-state index in [-0.39, 0.29) is 0 Å². The summed E-state index contributed by atoms with van der Waals surface area (Å²) in [5.41, 5.74) is 0.557. The van der Waals surface area contributed by atoms with Gasteiger partial charge in [-0.05, 0) is 30.1 Å². The smallest absolute Gasteiger partial charge is 0.330 e. The zero-order chi connectivity index (χ0) is 13.0. The fourth-order valence-electron chi connectivity index (χ4n) is 1.33. The highest BCUT2D eigenvalue weighted by Crippen LogP contribution is 2.27. The van der Waals surface area contributed by atoms with Crippen molar-refractivity contribution in [2.45, 2.75) is 18.9 Å². The van der Waals surface area contributed by atoms with E-state index in [0.717, 1.165) is 16.3 Å². The van der Waals surface area contributed by atoms with E-state index in [1.807, 2.05) is 31.2 Å². The largest absolute Gasteiger partial charge is 0.497 e. The number of aromatic nitrogens is 2. The Labute approximate surface area is 115 Å². The lowest BCUT2D eigenvalue weighted by molar-refractivity contribution is 0.258. The van der Waals surface area contributed by atoms with E-state index >= 15 is 0 Å². The van der Waals surface area contributed by atoms with Gasteiger partial charge >= 0.3 is 6.01 Å². The normalized spacial score (nSPS) is 12.2. The molecule has 1 aromatic heterocycles. The molecule has 0 bridgehead atoms. The van der Waals surface area contributed by atoms with Crippen LogP contribution in [-0.4, -0.2) is 22.0 Å². The minimum atomic E-state index is -0.391. The van der Waals surface area contributed by atoms with Gasteiger partial charge in [-0.3, -0.25) is 0 Å². The van der Waals surface area contributed by atoms with Crippen LogP contribution in [0.4, 0.5) is 0 Å². The fraction of sp³-hybridized carbons (Fsp3) is 0.333. The number of halogens is 1. The molecule has 0 amide bonds. The van der Waals surface area contributed by atoms with Crippen molar-refractivity contribution in [2.24, 2.45) is 0 Å². The number of rotatable bonds is 5. The summed E-state index contributed by atoms with van der Waals surface area (Å²) in [6.45, 7) is 1.94. The van der Waals surface area contributed by atoms with Gasteiger partial charge in [0.25, 0.3) is 0 Å². The Balaban J connectivity index is 2.18. The summed E-state index contributed by atoms with van der Waals surface area (Å²) in [4.78, 5) is 4.29. The second-order valence-electron chi connectivity index (χ2n) is 3.55. The second kappa shape index (κ2) is 6.02. The summed E-state index contributed by atoms with van der Waals surface area (Å²) in [6.07, 6.45) is 0.704. The van der Waals surface area contributed by atoms with Crippen molar-refractivity contribution in [3.8, 4) is 22.3 Å². The van der Waals surface area contributed by atoms with Gasteiger partial charge in [0, 0.05) is 5.56 Å². The SMILES string of the molecule is CCC(Cl)Oc1nsc(-c2cccc(OC)c2)n1. The Kier molecular flexibility index (Phi) is 4.38. The molecule has 2 aromatic rings. The van der Waals surface area contributed by atoms with Crippen LogP contribution in [0.15, 0.2) is 24.3 Å². The Morgan fingerprint density at radius 1 is 1.44 bits per heavy atom. The molecule has 0 aliphatic rings. The minimum absolute atomic E-state index is 0.319. The molecule has 1 heterocycles. The molecular formula is C12H13ClN2O2S. The van der Waals surface area contributed by atoms with Crippen molar-refractivity contribution in [1.29, 1.82) is 0 Å². The number of benzene rings is 1. The van der Waals surface area contributed by atoms with Crippen LogP contribution >= 0.6 is 23.1 Å². The Hall–Kier alpha value is -1.33. The van der Waals surface area contributed by atoms with Crippen LogP contribution in [-0.2, 0) is 0 Å². The molecule has 0 saturated heterocycles. The van der Waals surface area contributed by atoms with Crippen molar-refractivity contribution in [3.63, 3.8) is 0 Å². The molecule has 96 valence electrons.